The van der Waals surface area contributed by atoms with Crippen molar-refractivity contribution in [3.05, 3.63) is 48.5 Å². The molecule has 12 heteroatoms. The van der Waals surface area contributed by atoms with Crippen LogP contribution >= 0.6 is 0 Å². The van der Waals surface area contributed by atoms with Gasteiger partial charge in [0, 0.05) is 0 Å². The lowest BCUT2D eigenvalue weighted by atomic mass is 10.3. The van der Waals surface area contributed by atoms with E-state index in [1.807, 2.05) is 0 Å². The summed E-state index contributed by atoms with van der Waals surface area (Å²) in [5, 5.41) is 0. The molecule has 0 unspecified atom stereocenters. The van der Waals surface area contributed by atoms with Crippen LogP contribution in [0.25, 0.3) is 0 Å². The second-order valence-electron chi connectivity index (χ2n) is 3.84. The Hall–Kier alpha value is -2.68. The van der Waals surface area contributed by atoms with Gasteiger partial charge in [-0.2, -0.15) is 11.8 Å². The van der Waals surface area contributed by atoms with Gasteiger partial charge in [0.25, 0.3) is 0 Å². The van der Waals surface area contributed by atoms with E-state index < -0.39 is 0 Å². The van der Waals surface area contributed by atoms with Gasteiger partial charge in [0.05, 0.1) is 0 Å². The summed E-state index contributed by atoms with van der Waals surface area (Å²) in [4.78, 5) is 36.1. The molecule has 0 fully saturated rings. The fourth-order valence-electron chi connectivity index (χ4n) is 1.38. The van der Waals surface area contributed by atoms with Crippen molar-refractivity contribution < 1.29 is 39.5 Å². The summed E-state index contributed by atoms with van der Waals surface area (Å²) in [6.45, 7) is 0. The molecule has 2 aromatic rings. The van der Waals surface area contributed by atoms with Crippen molar-refractivity contribution in [1.29, 1.82) is 0 Å². The zero-order valence-electron chi connectivity index (χ0n) is 12.0. The highest BCUT2D eigenvalue weighted by molar-refractivity contribution is 5.31. The Morgan fingerprint density at radius 2 is 0.792 bits per heavy atom. The predicted molar refractivity (Wildman–Crippen MR) is 74.4 cm³/mol. The van der Waals surface area contributed by atoms with Crippen molar-refractivity contribution in [1.82, 2.24) is 11.2 Å². The molecule has 0 atom stereocenters. The molecular formula is C12H14N4O8. The van der Waals surface area contributed by atoms with Crippen LogP contribution in [0.2, 0.25) is 0 Å². The largest absolute Gasteiger partial charge is 0.320 e. The zero-order chi connectivity index (χ0) is 17.0. The monoisotopic (exact) mass is 342 g/mol. The lowest BCUT2D eigenvalue weighted by Gasteiger charge is -2.07. The minimum Gasteiger partial charge on any atom is -0.320 e. The Morgan fingerprint density at radius 3 is 1.08 bits per heavy atom. The van der Waals surface area contributed by atoms with Crippen molar-refractivity contribution in [2.75, 3.05) is 0 Å². The van der Waals surface area contributed by atoms with Crippen molar-refractivity contribution >= 4 is 0 Å². The fourth-order valence-corrected chi connectivity index (χ4v) is 1.38. The van der Waals surface area contributed by atoms with Crippen LogP contribution in [0.1, 0.15) is 0 Å². The van der Waals surface area contributed by atoms with Crippen LogP contribution < -0.4 is 42.5 Å². The maximum Gasteiger partial charge on any atom is 0.167 e. The number of hydrazine groups is 1. The van der Waals surface area contributed by atoms with Crippen LogP contribution in [0.15, 0.2) is 48.5 Å². The molecule has 0 saturated carbocycles. The maximum atomic E-state index is 4.86. The molecule has 12 nitrogen and oxygen atoms in total. The Balaban J connectivity index is 1.57. The summed E-state index contributed by atoms with van der Waals surface area (Å²) < 4.78 is 0. The maximum absolute atomic E-state index is 4.86. The van der Waals surface area contributed by atoms with Crippen molar-refractivity contribution in [2.24, 2.45) is 11.8 Å². The molecular weight excluding hydrogens is 328 g/mol. The average Bonchev–Trinajstić information content (AvgIpc) is 2.61. The van der Waals surface area contributed by atoms with E-state index in [1.54, 1.807) is 48.5 Å². The van der Waals surface area contributed by atoms with Gasteiger partial charge in [0.15, 0.2) is 23.0 Å². The normalized spacial score (nSPS) is 10.2. The molecule has 0 bridgehead atoms. The van der Waals surface area contributed by atoms with E-state index in [-0.39, 0.29) is 0 Å². The van der Waals surface area contributed by atoms with Gasteiger partial charge >= 0.3 is 0 Å². The Morgan fingerprint density at radius 1 is 0.500 bits per heavy atom. The number of benzene rings is 2. The van der Waals surface area contributed by atoms with Crippen LogP contribution in [0.5, 0.6) is 23.0 Å². The second kappa shape index (κ2) is 10.2. The zero-order valence-corrected chi connectivity index (χ0v) is 12.0. The van der Waals surface area contributed by atoms with Gasteiger partial charge in [-0.05, 0) is 48.5 Å². The summed E-state index contributed by atoms with van der Waals surface area (Å²) >= 11 is 0. The van der Waals surface area contributed by atoms with Crippen molar-refractivity contribution in [2.45, 2.75) is 0 Å². The number of nitrogens with two attached hydrogens (primary N) is 2. The summed E-state index contributed by atoms with van der Waals surface area (Å²) in [6, 6.07) is 12.3. The average molecular weight is 342 g/mol. The van der Waals surface area contributed by atoms with E-state index in [2.05, 4.69) is 40.9 Å². The number of hydrogen-bond donors (Lipinski definition) is 4. The van der Waals surface area contributed by atoms with Crippen molar-refractivity contribution in [3.8, 4) is 23.0 Å². The van der Waals surface area contributed by atoms with Crippen LogP contribution in [0.4, 0.5) is 0 Å². The lowest BCUT2D eigenvalue weighted by molar-refractivity contribution is -0.353. The molecule has 0 aliphatic carbocycles. The molecule has 2 rings (SSSR count). The van der Waals surface area contributed by atoms with Crippen molar-refractivity contribution in [3.63, 3.8) is 0 Å². The molecule has 24 heavy (non-hydrogen) atoms. The minimum atomic E-state index is 0.368. The first-order valence-electron chi connectivity index (χ1n) is 6.26. The van der Waals surface area contributed by atoms with Crippen LogP contribution in [-0.2, 0) is 20.0 Å². The van der Waals surface area contributed by atoms with E-state index >= 15 is 0 Å². The van der Waals surface area contributed by atoms with E-state index in [1.165, 1.54) is 0 Å². The second-order valence-corrected chi connectivity index (χ2v) is 3.84. The third-order valence-electron chi connectivity index (χ3n) is 2.34. The fraction of sp³-hybridized carbons (Fsp3) is 0. The van der Waals surface area contributed by atoms with Gasteiger partial charge < -0.3 is 19.6 Å². The van der Waals surface area contributed by atoms with Gasteiger partial charge in [-0.3, -0.25) is 0 Å². The summed E-state index contributed by atoms with van der Waals surface area (Å²) in [5.41, 5.74) is 4.24. The molecule has 0 radical (unpaired) electrons. The molecule has 0 spiro atoms. The number of hydrogen-bond acceptors (Lipinski definition) is 12. The summed E-state index contributed by atoms with van der Waals surface area (Å²) in [7, 11) is 0. The van der Waals surface area contributed by atoms with Gasteiger partial charge in [0.1, 0.15) is 0 Å². The quantitative estimate of drug-likeness (QED) is 0.252. The Kier molecular flexibility index (Phi) is 7.48. The molecule has 0 aliphatic rings. The van der Waals surface area contributed by atoms with Gasteiger partial charge in [0.2, 0.25) is 0 Å². The molecule has 0 saturated heterocycles. The number of nitrogens with one attached hydrogen (secondary N) is 2. The summed E-state index contributed by atoms with van der Waals surface area (Å²) in [6.07, 6.45) is 0. The van der Waals surface area contributed by atoms with E-state index in [0.29, 0.717) is 23.0 Å². The predicted octanol–water partition coefficient (Wildman–Crippen LogP) is 0.300. The van der Waals surface area contributed by atoms with Gasteiger partial charge in [-0.25, -0.2) is 0 Å². The Bertz CT molecular complexity index is 529. The molecule has 2 aromatic carbocycles. The van der Waals surface area contributed by atoms with E-state index in [4.69, 9.17) is 21.6 Å². The number of rotatable bonds is 11. The highest BCUT2D eigenvalue weighted by Crippen LogP contribution is 2.18. The van der Waals surface area contributed by atoms with Gasteiger partial charge in [-0.15, -0.1) is 0 Å². The van der Waals surface area contributed by atoms with Crippen LogP contribution in [-0.4, -0.2) is 0 Å². The topological polar surface area (TPSA) is 150 Å². The highest BCUT2D eigenvalue weighted by Gasteiger charge is 1.99. The third-order valence-corrected chi connectivity index (χ3v) is 2.34. The SMILES string of the molecule is NOOc1ccc(OONNOOc2ccc(OON)cc2)cc1. The standard InChI is InChI=1S/C12H14N4O8/c13-21-17-9-1-5-11(6-2-9)19-23-15-16-24-20-12-7-3-10(4-8-12)18-22-14/h1-8,15-16H,13-14H2. The smallest absolute Gasteiger partial charge is 0.167 e. The van der Waals surface area contributed by atoms with E-state index in [0.717, 1.165) is 0 Å². The molecule has 0 aliphatic heterocycles. The molecule has 130 valence electrons. The molecule has 0 heterocycles. The highest BCUT2D eigenvalue weighted by atomic mass is 17.3. The molecule has 0 amide bonds. The molecule has 6 N–H and O–H groups in total. The minimum absolute atomic E-state index is 0.368. The van der Waals surface area contributed by atoms with Crippen LogP contribution in [0.3, 0.4) is 0 Å². The Labute approximate surface area is 135 Å². The van der Waals surface area contributed by atoms with E-state index in [9.17, 15) is 0 Å². The lowest BCUT2D eigenvalue weighted by Crippen LogP contribution is -2.34. The summed E-state index contributed by atoms with van der Waals surface area (Å²) in [5.74, 6) is 11.0. The first kappa shape index (κ1) is 17.7. The first-order valence-corrected chi connectivity index (χ1v) is 6.26. The van der Waals surface area contributed by atoms with Crippen LogP contribution in [0, 0.1) is 0 Å². The molecule has 0 aromatic heterocycles. The van der Waals surface area contributed by atoms with Gasteiger partial charge in [-0.1, -0.05) is 31.1 Å². The third kappa shape index (κ3) is 6.21. The first-order chi connectivity index (χ1) is 11.8.